The van der Waals surface area contributed by atoms with Gasteiger partial charge in [0.15, 0.2) is 0 Å². The van der Waals surface area contributed by atoms with Crippen LogP contribution in [0.2, 0.25) is 0 Å². The summed E-state index contributed by atoms with van der Waals surface area (Å²) in [6.07, 6.45) is 2.08. The van der Waals surface area contributed by atoms with E-state index in [0.29, 0.717) is 0 Å². The van der Waals surface area contributed by atoms with Crippen LogP contribution in [0.3, 0.4) is 0 Å². The molecule has 70 valence electrons. The summed E-state index contributed by atoms with van der Waals surface area (Å²) in [6, 6.07) is 6.47. The van der Waals surface area contributed by atoms with Crippen LogP contribution < -0.4 is 5.32 Å². The molecule has 13 heavy (non-hydrogen) atoms. The lowest BCUT2D eigenvalue weighted by Crippen LogP contribution is -2.28. The van der Waals surface area contributed by atoms with E-state index >= 15 is 0 Å². The third-order valence-electron chi connectivity index (χ3n) is 2.41. The highest BCUT2D eigenvalue weighted by molar-refractivity contribution is 9.10. The van der Waals surface area contributed by atoms with E-state index in [-0.39, 0.29) is 12.6 Å². The van der Waals surface area contributed by atoms with Crippen molar-refractivity contribution in [1.29, 1.82) is 0 Å². The zero-order valence-electron chi connectivity index (χ0n) is 7.26. The van der Waals surface area contributed by atoms with Gasteiger partial charge >= 0.3 is 0 Å². The maximum absolute atomic E-state index is 9.01. The third kappa shape index (κ3) is 1.86. The van der Waals surface area contributed by atoms with E-state index in [4.69, 9.17) is 5.11 Å². The van der Waals surface area contributed by atoms with Crippen molar-refractivity contribution in [3.63, 3.8) is 0 Å². The summed E-state index contributed by atoms with van der Waals surface area (Å²) in [5.74, 6) is 0. The Kier molecular flexibility index (Phi) is 2.56. The van der Waals surface area contributed by atoms with Crippen LogP contribution in [0.4, 0.5) is 5.69 Å². The number of hydrogen-bond donors (Lipinski definition) is 2. The molecule has 1 atom stereocenters. The van der Waals surface area contributed by atoms with Crippen LogP contribution in [0.15, 0.2) is 22.7 Å². The van der Waals surface area contributed by atoms with Crippen molar-refractivity contribution < 1.29 is 5.11 Å². The van der Waals surface area contributed by atoms with Gasteiger partial charge in [-0.05, 0) is 30.5 Å². The minimum Gasteiger partial charge on any atom is -0.394 e. The molecule has 0 radical (unpaired) electrons. The average molecular weight is 242 g/mol. The monoisotopic (exact) mass is 241 g/mol. The zero-order chi connectivity index (χ0) is 9.26. The van der Waals surface area contributed by atoms with E-state index in [1.165, 1.54) is 5.56 Å². The van der Waals surface area contributed by atoms with Gasteiger partial charge in [-0.3, -0.25) is 0 Å². The van der Waals surface area contributed by atoms with Gasteiger partial charge in [0.05, 0.1) is 6.61 Å². The number of anilines is 1. The number of benzene rings is 1. The number of halogens is 1. The second kappa shape index (κ2) is 3.68. The van der Waals surface area contributed by atoms with Crippen LogP contribution in [0.1, 0.15) is 12.0 Å². The lowest BCUT2D eigenvalue weighted by Gasteiger charge is -2.25. The van der Waals surface area contributed by atoms with Crippen LogP contribution >= 0.6 is 15.9 Å². The number of fused-ring (bicyclic) bond motifs is 1. The van der Waals surface area contributed by atoms with Crippen LogP contribution in [0.5, 0.6) is 0 Å². The van der Waals surface area contributed by atoms with Gasteiger partial charge in [-0.2, -0.15) is 0 Å². The molecular weight excluding hydrogens is 230 g/mol. The molecule has 2 N–H and O–H groups in total. The van der Waals surface area contributed by atoms with Crippen molar-refractivity contribution in [1.82, 2.24) is 0 Å². The van der Waals surface area contributed by atoms with E-state index in [1.54, 1.807) is 0 Å². The highest BCUT2D eigenvalue weighted by atomic mass is 79.9. The molecule has 0 amide bonds. The molecule has 3 heteroatoms. The Bertz CT molecular complexity index is 314. The van der Waals surface area contributed by atoms with Crippen LogP contribution in [-0.4, -0.2) is 17.8 Å². The molecule has 2 nitrogen and oxygen atoms in total. The van der Waals surface area contributed by atoms with Crippen molar-refractivity contribution in [3.8, 4) is 0 Å². The molecule has 0 bridgehead atoms. The molecule has 0 fully saturated rings. The largest absolute Gasteiger partial charge is 0.394 e. The minimum absolute atomic E-state index is 0.214. The summed E-state index contributed by atoms with van der Waals surface area (Å²) in [6.45, 7) is 0.214. The Hall–Kier alpha value is -0.540. The molecule has 0 spiro atoms. The van der Waals surface area contributed by atoms with Gasteiger partial charge in [0.2, 0.25) is 0 Å². The fourth-order valence-corrected chi connectivity index (χ4v) is 2.02. The first-order valence-electron chi connectivity index (χ1n) is 4.45. The molecule has 2 rings (SSSR count). The van der Waals surface area contributed by atoms with Gasteiger partial charge in [-0.1, -0.05) is 22.0 Å². The Morgan fingerprint density at radius 3 is 3.15 bits per heavy atom. The summed E-state index contributed by atoms with van der Waals surface area (Å²) in [4.78, 5) is 0. The maximum Gasteiger partial charge on any atom is 0.0632 e. The summed E-state index contributed by atoms with van der Waals surface area (Å²) < 4.78 is 1.08. The molecule has 0 unspecified atom stereocenters. The van der Waals surface area contributed by atoms with Crippen molar-refractivity contribution >= 4 is 21.6 Å². The maximum atomic E-state index is 9.01. The summed E-state index contributed by atoms with van der Waals surface area (Å²) in [7, 11) is 0. The number of hydrogen-bond acceptors (Lipinski definition) is 2. The molecule has 0 saturated carbocycles. The number of aliphatic hydroxyl groups excluding tert-OH is 1. The van der Waals surface area contributed by atoms with E-state index < -0.39 is 0 Å². The van der Waals surface area contributed by atoms with Gasteiger partial charge in [-0.25, -0.2) is 0 Å². The average Bonchev–Trinajstić information content (AvgIpc) is 2.16. The van der Waals surface area contributed by atoms with E-state index in [1.807, 2.05) is 0 Å². The Labute approximate surface area is 86.1 Å². The normalized spacial score (nSPS) is 20.6. The summed E-state index contributed by atoms with van der Waals surface area (Å²) in [5.41, 5.74) is 2.49. The van der Waals surface area contributed by atoms with Crippen molar-refractivity contribution in [2.45, 2.75) is 18.9 Å². The zero-order valence-corrected chi connectivity index (χ0v) is 8.84. The lowest BCUT2D eigenvalue weighted by atomic mass is 9.99. The van der Waals surface area contributed by atoms with E-state index in [9.17, 15) is 0 Å². The van der Waals surface area contributed by atoms with Gasteiger partial charge in [0.1, 0.15) is 0 Å². The topological polar surface area (TPSA) is 32.3 Å². The van der Waals surface area contributed by atoms with Crippen LogP contribution in [-0.2, 0) is 6.42 Å². The van der Waals surface area contributed by atoms with Gasteiger partial charge in [-0.15, -0.1) is 0 Å². The van der Waals surface area contributed by atoms with Crippen molar-refractivity contribution in [3.05, 3.63) is 28.2 Å². The van der Waals surface area contributed by atoms with Crippen LogP contribution in [0, 0.1) is 0 Å². The number of aliphatic hydroxyl groups is 1. The fourth-order valence-electron chi connectivity index (χ4n) is 1.66. The second-order valence-electron chi connectivity index (χ2n) is 3.36. The smallest absolute Gasteiger partial charge is 0.0632 e. The molecular formula is C10H12BrNO. The molecule has 0 aromatic heterocycles. The van der Waals surface area contributed by atoms with Crippen LogP contribution in [0.25, 0.3) is 0 Å². The highest BCUT2D eigenvalue weighted by Gasteiger charge is 2.16. The quantitative estimate of drug-likeness (QED) is 0.790. The standard InChI is InChI=1S/C10H12BrNO/c11-8-3-1-7-2-4-9(6-13)12-10(7)5-8/h1,3,5,9,12-13H,2,4,6H2/t9-/m0/s1. The van der Waals surface area contributed by atoms with Gasteiger partial charge in [0.25, 0.3) is 0 Å². The first-order chi connectivity index (χ1) is 6.29. The summed E-state index contributed by atoms with van der Waals surface area (Å²) >= 11 is 3.43. The predicted octanol–water partition coefficient (Wildman–Crippen LogP) is 2.17. The van der Waals surface area contributed by atoms with E-state index in [0.717, 1.165) is 23.0 Å². The first kappa shape index (κ1) is 9.03. The SMILES string of the molecule is OC[C@@H]1CCc2ccc(Br)cc2N1. The number of aryl methyl sites for hydroxylation is 1. The Morgan fingerprint density at radius 2 is 2.38 bits per heavy atom. The minimum atomic E-state index is 0.214. The Morgan fingerprint density at radius 1 is 1.54 bits per heavy atom. The lowest BCUT2D eigenvalue weighted by molar-refractivity contribution is 0.267. The molecule has 0 aliphatic carbocycles. The van der Waals surface area contributed by atoms with Gasteiger partial charge in [0, 0.05) is 16.2 Å². The Balaban J connectivity index is 2.27. The number of rotatable bonds is 1. The highest BCUT2D eigenvalue weighted by Crippen LogP contribution is 2.27. The molecule has 1 aliphatic heterocycles. The molecule has 1 aromatic carbocycles. The van der Waals surface area contributed by atoms with Crippen molar-refractivity contribution in [2.24, 2.45) is 0 Å². The molecule has 1 heterocycles. The third-order valence-corrected chi connectivity index (χ3v) is 2.91. The molecule has 1 aliphatic rings. The number of nitrogens with one attached hydrogen (secondary N) is 1. The molecule has 1 aromatic rings. The first-order valence-corrected chi connectivity index (χ1v) is 5.24. The fraction of sp³-hybridized carbons (Fsp3) is 0.400. The summed E-state index contributed by atoms with van der Waals surface area (Å²) in [5, 5.41) is 12.3. The molecule has 0 saturated heterocycles. The van der Waals surface area contributed by atoms with E-state index in [2.05, 4.69) is 39.4 Å². The van der Waals surface area contributed by atoms with Gasteiger partial charge < -0.3 is 10.4 Å². The van der Waals surface area contributed by atoms with Crippen molar-refractivity contribution in [2.75, 3.05) is 11.9 Å². The predicted molar refractivity (Wildman–Crippen MR) is 57.0 cm³/mol. The second-order valence-corrected chi connectivity index (χ2v) is 4.28.